The summed E-state index contributed by atoms with van der Waals surface area (Å²) in [6.45, 7) is 3.27. The largest absolute Gasteiger partial charge is 0.497 e. The van der Waals surface area contributed by atoms with Crippen LogP contribution in [0.2, 0.25) is 0 Å². The predicted molar refractivity (Wildman–Crippen MR) is 108 cm³/mol. The minimum absolute atomic E-state index is 0.222. The van der Waals surface area contributed by atoms with Gasteiger partial charge < -0.3 is 14.4 Å². The van der Waals surface area contributed by atoms with Crippen LogP contribution in [0.15, 0.2) is 47.4 Å². The van der Waals surface area contributed by atoms with Crippen LogP contribution in [0, 0.1) is 5.41 Å². The van der Waals surface area contributed by atoms with Crippen molar-refractivity contribution < 1.29 is 17.9 Å². The summed E-state index contributed by atoms with van der Waals surface area (Å²) in [5.74, 6) is 0.529. The van der Waals surface area contributed by atoms with Crippen molar-refractivity contribution in [2.75, 3.05) is 31.9 Å². The molecule has 0 atom stereocenters. The molecule has 6 heteroatoms. The number of hydrogen-bond acceptors (Lipinski definition) is 5. The lowest BCUT2D eigenvalue weighted by molar-refractivity contribution is -0.113. The average molecular weight is 390 g/mol. The Morgan fingerprint density at radius 3 is 2.22 bits per heavy atom. The van der Waals surface area contributed by atoms with E-state index in [0.29, 0.717) is 18.3 Å². The summed E-state index contributed by atoms with van der Waals surface area (Å²) in [6.07, 6.45) is 1.17. The molecule has 2 aromatic rings. The van der Waals surface area contributed by atoms with Crippen molar-refractivity contribution in [2.24, 2.45) is 5.41 Å². The Labute approximate surface area is 161 Å². The maximum absolute atomic E-state index is 13.0. The van der Waals surface area contributed by atoms with Gasteiger partial charge in [-0.3, -0.25) is 0 Å². The van der Waals surface area contributed by atoms with E-state index in [4.69, 9.17) is 4.74 Å². The number of sulfone groups is 1. The van der Waals surface area contributed by atoms with Crippen molar-refractivity contribution in [1.82, 2.24) is 0 Å². The predicted octanol–water partition coefficient (Wildman–Crippen LogP) is 3.35. The molecule has 146 valence electrons. The molecule has 0 aliphatic carbocycles. The van der Waals surface area contributed by atoms with Gasteiger partial charge in [-0.15, -0.1) is 0 Å². The maximum Gasteiger partial charge on any atom is 0.179 e. The van der Waals surface area contributed by atoms with Gasteiger partial charge in [-0.1, -0.05) is 26.0 Å². The summed E-state index contributed by atoms with van der Waals surface area (Å²) in [7, 11) is 1.82. The molecule has 27 heavy (non-hydrogen) atoms. The number of hydrogen-bond donors (Lipinski definition) is 0. The Hall–Kier alpha value is -2.34. The summed E-state index contributed by atoms with van der Waals surface area (Å²) in [5.41, 5.74) is 1.69. The van der Waals surface area contributed by atoms with Gasteiger partial charge in [0.2, 0.25) is 0 Å². The third kappa shape index (κ3) is 5.32. The Balaban J connectivity index is 2.49. The minimum atomic E-state index is -3.61. The third-order valence-electron chi connectivity index (χ3n) is 4.33. The SMILES string of the molecule is COc1ccc(Cc2cc(N(C)C)ccc2S(=O)(=O)CC(C)(C)C=O)cc1. The lowest BCUT2D eigenvalue weighted by Gasteiger charge is -2.20. The van der Waals surface area contributed by atoms with Crippen LogP contribution in [0.25, 0.3) is 0 Å². The highest BCUT2D eigenvalue weighted by molar-refractivity contribution is 7.91. The molecule has 0 aromatic heterocycles. The second kappa shape index (κ2) is 8.13. The van der Waals surface area contributed by atoms with Crippen LogP contribution in [0.4, 0.5) is 5.69 Å². The Bertz CT molecular complexity index is 900. The Morgan fingerprint density at radius 2 is 1.70 bits per heavy atom. The van der Waals surface area contributed by atoms with Crippen LogP contribution in [-0.2, 0) is 21.1 Å². The molecule has 0 spiro atoms. The van der Waals surface area contributed by atoms with Gasteiger partial charge in [-0.2, -0.15) is 0 Å². The Kier molecular flexibility index (Phi) is 6.31. The van der Waals surface area contributed by atoms with Crippen LogP contribution in [0.3, 0.4) is 0 Å². The quantitative estimate of drug-likeness (QED) is 0.648. The van der Waals surface area contributed by atoms with Crippen LogP contribution >= 0.6 is 0 Å². The van der Waals surface area contributed by atoms with E-state index in [1.165, 1.54) is 0 Å². The first-order chi connectivity index (χ1) is 12.6. The first-order valence-electron chi connectivity index (χ1n) is 8.70. The van der Waals surface area contributed by atoms with Gasteiger partial charge in [0.1, 0.15) is 12.0 Å². The number of benzene rings is 2. The highest BCUT2D eigenvalue weighted by Gasteiger charge is 2.29. The van der Waals surface area contributed by atoms with Crippen LogP contribution in [0.5, 0.6) is 5.75 Å². The zero-order valence-electron chi connectivity index (χ0n) is 16.5. The van der Waals surface area contributed by atoms with Crippen molar-refractivity contribution in [1.29, 1.82) is 0 Å². The number of rotatable bonds is 8. The van der Waals surface area contributed by atoms with Crippen molar-refractivity contribution in [2.45, 2.75) is 25.2 Å². The summed E-state index contributed by atoms with van der Waals surface area (Å²) in [6, 6.07) is 12.9. The van der Waals surface area contributed by atoms with Crippen molar-refractivity contribution in [3.63, 3.8) is 0 Å². The number of nitrogens with zero attached hydrogens (tertiary/aromatic N) is 1. The number of carbonyl (C=O) groups is 1. The lowest BCUT2D eigenvalue weighted by atomic mass is 10.00. The highest BCUT2D eigenvalue weighted by atomic mass is 32.2. The third-order valence-corrected chi connectivity index (χ3v) is 6.52. The fourth-order valence-corrected chi connectivity index (χ4v) is 4.86. The number of ether oxygens (including phenoxy) is 1. The molecule has 0 bridgehead atoms. The maximum atomic E-state index is 13.0. The molecule has 0 unspecified atom stereocenters. The number of methoxy groups -OCH3 is 1. The van der Waals surface area contributed by atoms with Gasteiger partial charge in [-0.25, -0.2) is 8.42 Å². The second-order valence-electron chi connectivity index (χ2n) is 7.58. The van der Waals surface area contributed by atoms with E-state index in [9.17, 15) is 13.2 Å². The lowest BCUT2D eigenvalue weighted by Crippen LogP contribution is -2.26. The van der Waals surface area contributed by atoms with Crippen molar-refractivity contribution in [3.8, 4) is 5.75 Å². The molecule has 0 N–H and O–H groups in total. The van der Waals surface area contributed by atoms with Gasteiger partial charge in [0, 0.05) is 25.2 Å². The highest BCUT2D eigenvalue weighted by Crippen LogP contribution is 2.29. The van der Waals surface area contributed by atoms with E-state index in [1.54, 1.807) is 33.1 Å². The van der Waals surface area contributed by atoms with Crippen molar-refractivity contribution in [3.05, 3.63) is 53.6 Å². The molecule has 5 nitrogen and oxygen atoms in total. The van der Waals surface area contributed by atoms with Gasteiger partial charge in [0.25, 0.3) is 0 Å². The summed E-state index contributed by atoms with van der Waals surface area (Å²) in [4.78, 5) is 13.4. The molecule has 0 aliphatic heterocycles. The molecular weight excluding hydrogens is 362 g/mol. The van der Waals surface area contributed by atoms with E-state index in [1.807, 2.05) is 49.3 Å². The van der Waals surface area contributed by atoms with Crippen LogP contribution in [0.1, 0.15) is 25.0 Å². The molecule has 0 radical (unpaired) electrons. The van der Waals surface area contributed by atoms with Gasteiger partial charge in [-0.05, 0) is 47.9 Å². The molecule has 0 aliphatic rings. The molecule has 2 rings (SSSR count). The topological polar surface area (TPSA) is 63.7 Å². The summed E-state index contributed by atoms with van der Waals surface area (Å²) in [5, 5.41) is 0. The van der Waals surface area contributed by atoms with E-state index in [2.05, 4.69) is 0 Å². The van der Waals surface area contributed by atoms with Gasteiger partial charge in [0.15, 0.2) is 9.84 Å². The first-order valence-corrected chi connectivity index (χ1v) is 10.4. The normalized spacial score (nSPS) is 11.9. The minimum Gasteiger partial charge on any atom is -0.497 e. The molecule has 0 saturated carbocycles. The van der Waals surface area contributed by atoms with E-state index in [0.717, 1.165) is 17.0 Å². The van der Waals surface area contributed by atoms with E-state index in [-0.39, 0.29) is 10.6 Å². The Morgan fingerprint density at radius 1 is 1.07 bits per heavy atom. The molecule has 0 fully saturated rings. The standard InChI is InChI=1S/C21H27NO4S/c1-21(2,14-23)15-27(24,25)20-11-8-18(22(3)4)13-17(20)12-16-6-9-19(26-5)10-7-16/h6-11,13-14H,12,15H2,1-5H3. The van der Waals surface area contributed by atoms with Crippen molar-refractivity contribution >= 4 is 21.8 Å². The summed E-state index contributed by atoms with van der Waals surface area (Å²) >= 11 is 0. The zero-order valence-corrected chi connectivity index (χ0v) is 17.3. The number of aldehydes is 1. The monoisotopic (exact) mass is 389 g/mol. The fourth-order valence-electron chi connectivity index (χ4n) is 2.85. The average Bonchev–Trinajstić information content (AvgIpc) is 2.61. The van der Waals surface area contributed by atoms with E-state index < -0.39 is 15.3 Å². The smallest absolute Gasteiger partial charge is 0.179 e. The second-order valence-corrected chi connectivity index (χ2v) is 9.53. The molecule has 0 heterocycles. The molecule has 0 saturated heterocycles. The molecule has 2 aromatic carbocycles. The van der Waals surface area contributed by atoms with E-state index >= 15 is 0 Å². The first kappa shape index (κ1) is 21.0. The van der Waals surface area contributed by atoms with Crippen LogP contribution in [-0.4, -0.2) is 41.7 Å². The number of anilines is 1. The van der Waals surface area contributed by atoms with Gasteiger partial charge >= 0.3 is 0 Å². The summed E-state index contributed by atoms with van der Waals surface area (Å²) < 4.78 is 31.2. The zero-order chi connectivity index (χ0) is 20.2. The van der Waals surface area contributed by atoms with Gasteiger partial charge in [0.05, 0.1) is 17.8 Å². The molecular formula is C21H27NO4S. The number of carbonyl (C=O) groups excluding carboxylic acids is 1. The van der Waals surface area contributed by atoms with Crippen LogP contribution < -0.4 is 9.64 Å². The molecule has 0 amide bonds. The fraction of sp³-hybridized carbons (Fsp3) is 0.381.